The minimum Gasteiger partial charge on any atom is -0.296 e. The topological polar surface area (TPSA) is 41.9 Å². The van der Waals surface area contributed by atoms with E-state index in [1.165, 1.54) is 26.4 Å². The summed E-state index contributed by atoms with van der Waals surface area (Å²) in [6, 6.07) is 11.2. The monoisotopic (exact) mass is 392 g/mol. The fourth-order valence-corrected chi connectivity index (χ4v) is 5.49. The van der Waals surface area contributed by atoms with Gasteiger partial charge >= 0.3 is 0 Å². The summed E-state index contributed by atoms with van der Waals surface area (Å²) < 4.78 is 1.26. The van der Waals surface area contributed by atoms with Gasteiger partial charge < -0.3 is 0 Å². The highest BCUT2D eigenvalue weighted by Gasteiger charge is 2.23. The van der Waals surface area contributed by atoms with Crippen molar-refractivity contribution in [2.45, 2.75) is 25.8 Å². The lowest BCUT2D eigenvalue weighted by molar-refractivity contribution is 0.221. The molecule has 0 fully saturated rings. The Morgan fingerprint density at radius 2 is 1.93 bits per heavy atom. The van der Waals surface area contributed by atoms with Gasteiger partial charge in [-0.2, -0.15) is 0 Å². The summed E-state index contributed by atoms with van der Waals surface area (Å²) in [5.41, 5.74) is 6.84. The number of aromatic nitrogens is 3. The quantitative estimate of drug-likeness (QED) is 0.493. The summed E-state index contributed by atoms with van der Waals surface area (Å²) >= 11 is 3.54. The van der Waals surface area contributed by atoms with Gasteiger partial charge in [0.05, 0.1) is 21.4 Å². The van der Waals surface area contributed by atoms with Gasteiger partial charge in [0.25, 0.3) is 0 Å². The van der Waals surface area contributed by atoms with Crippen molar-refractivity contribution in [2.75, 3.05) is 13.1 Å². The van der Waals surface area contributed by atoms with Crippen molar-refractivity contribution >= 4 is 32.9 Å². The molecule has 4 aromatic rings. The van der Waals surface area contributed by atoms with E-state index in [0.717, 1.165) is 36.5 Å². The van der Waals surface area contributed by atoms with E-state index in [-0.39, 0.29) is 0 Å². The third-order valence-electron chi connectivity index (χ3n) is 5.35. The molecule has 0 aliphatic carbocycles. The van der Waals surface area contributed by atoms with Crippen LogP contribution in [0.25, 0.3) is 20.8 Å². The molecular weight excluding hydrogens is 372 g/mol. The lowest BCUT2D eigenvalue weighted by Gasteiger charge is -2.27. The Labute approximate surface area is 166 Å². The van der Waals surface area contributed by atoms with Gasteiger partial charge in [-0.15, -0.1) is 22.7 Å². The summed E-state index contributed by atoms with van der Waals surface area (Å²) in [6.07, 6.45) is 5.76. The highest BCUT2D eigenvalue weighted by molar-refractivity contribution is 7.16. The van der Waals surface area contributed by atoms with Crippen LogP contribution < -0.4 is 0 Å². The Morgan fingerprint density at radius 3 is 2.81 bits per heavy atom. The van der Waals surface area contributed by atoms with Crippen molar-refractivity contribution in [3.05, 3.63) is 64.4 Å². The van der Waals surface area contributed by atoms with Crippen LogP contribution >= 0.6 is 22.7 Å². The predicted octanol–water partition coefficient (Wildman–Crippen LogP) is 4.98. The standard InChI is InChI=1S/C21H20N4S2/c1-14(16-2-3-19-18(12-16)23-13-26-19)25-10-6-17-20(7-11-25)27-21(24-17)15-4-8-22-9-5-15/h2-5,8-9,12-14H,6-7,10-11H2,1H3. The molecular formula is C21H20N4S2. The maximum Gasteiger partial charge on any atom is 0.123 e. The minimum absolute atomic E-state index is 0.393. The first-order chi connectivity index (χ1) is 13.3. The molecule has 0 radical (unpaired) electrons. The summed E-state index contributed by atoms with van der Waals surface area (Å²) in [5.74, 6) is 0. The lowest BCUT2D eigenvalue weighted by Crippen LogP contribution is -2.29. The van der Waals surface area contributed by atoms with Gasteiger partial charge in [0.1, 0.15) is 5.01 Å². The van der Waals surface area contributed by atoms with E-state index < -0.39 is 0 Å². The molecule has 0 N–H and O–H groups in total. The molecule has 0 amide bonds. The SMILES string of the molecule is CC(c1ccc2scnc2c1)N1CCc2nc(-c3ccncc3)sc2CC1. The number of pyridine rings is 1. The number of benzene rings is 1. The van der Waals surface area contributed by atoms with E-state index in [9.17, 15) is 0 Å². The van der Waals surface area contributed by atoms with Crippen molar-refractivity contribution in [1.82, 2.24) is 19.9 Å². The molecule has 27 heavy (non-hydrogen) atoms. The van der Waals surface area contributed by atoms with Crippen LogP contribution in [0.3, 0.4) is 0 Å². The number of thiazole rings is 2. The average Bonchev–Trinajstić information content (AvgIpc) is 3.30. The molecule has 1 aromatic carbocycles. The Kier molecular flexibility index (Phi) is 4.47. The van der Waals surface area contributed by atoms with Gasteiger partial charge in [0.2, 0.25) is 0 Å². The maximum atomic E-state index is 4.94. The van der Waals surface area contributed by atoms with Crippen LogP contribution in [0.4, 0.5) is 0 Å². The fourth-order valence-electron chi connectivity index (χ4n) is 3.73. The lowest BCUT2D eigenvalue weighted by atomic mass is 10.1. The van der Waals surface area contributed by atoms with E-state index in [1.54, 1.807) is 11.3 Å². The summed E-state index contributed by atoms with van der Waals surface area (Å²) in [5, 5.41) is 1.12. The van der Waals surface area contributed by atoms with Gasteiger partial charge in [-0.05, 0) is 43.2 Å². The van der Waals surface area contributed by atoms with Gasteiger partial charge in [-0.25, -0.2) is 9.97 Å². The maximum absolute atomic E-state index is 4.94. The van der Waals surface area contributed by atoms with E-state index in [0.29, 0.717) is 6.04 Å². The predicted molar refractivity (Wildman–Crippen MR) is 112 cm³/mol. The summed E-state index contributed by atoms with van der Waals surface area (Å²) in [4.78, 5) is 17.5. The Morgan fingerprint density at radius 1 is 1.07 bits per heavy atom. The van der Waals surface area contributed by atoms with Crippen molar-refractivity contribution in [1.29, 1.82) is 0 Å². The van der Waals surface area contributed by atoms with Crippen molar-refractivity contribution < 1.29 is 0 Å². The van der Waals surface area contributed by atoms with Crippen LogP contribution in [-0.4, -0.2) is 32.9 Å². The second-order valence-electron chi connectivity index (χ2n) is 6.92. The van der Waals surface area contributed by atoms with Crippen LogP contribution in [0.15, 0.2) is 48.2 Å². The number of fused-ring (bicyclic) bond motifs is 2. The second kappa shape index (κ2) is 7.11. The number of rotatable bonds is 3. The second-order valence-corrected chi connectivity index (χ2v) is 8.89. The van der Waals surface area contributed by atoms with E-state index in [2.05, 4.69) is 40.0 Å². The highest BCUT2D eigenvalue weighted by Crippen LogP contribution is 2.32. The first kappa shape index (κ1) is 17.0. The molecule has 3 aromatic heterocycles. The molecule has 4 heterocycles. The van der Waals surface area contributed by atoms with Gasteiger partial charge in [-0.3, -0.25) is 9.88 Å². The molecule has 1 unspecified atom stereocenters. The minimum atomic E-state index is 0.393. The van der Waals surface area contributed by atoms with Gasteiger partial charge in [0.15, 0.2) is 0 Å². The zero-order valence-electron chi connectivity index (χ0n) is 15.1. The van der Waals surface area contributed by atoms with E-state index >= 15 is 0 Å². The summed E-state index contributed by atoms with van der Waals surface area (Å²) in [7, 11) is 0. The molecule has 5 rings (SSSR count). The highest BCUT2D eigenvalue weighted by atomic mass is 32.1. The Balaban J connectivity index is 1.34. The molecule has 1 aliphatic heterocycles. The first-order valence-corrected chi connectivity index (χ1v) is 10.9. The van der Waals surface area contributed by atoms with Crippen LogP contribution in [-0.2, 0) is 12.8 Å². The smallest absolute Gasteiger partial charge is 0.123 e. The van der Waals surface area contributed by atoms with Crippen molar-refractivity contribution in [3.63, 3.8) is 0 Å². The molecule has 4 nitrogen and oxygen atoms in total. The van der Waals surface area contributed by atoms with Crippen molar-refractivity contribution in [2.24, 2.45) is 0 Å². The van der Waals surface area contributed by atoms with E-state index in [4.69, 9.17) is 4.98 Å². The molecule has 1 atom stereocenters. The van der Waals surface area contributed by atoms with Gasteiger partial charge in [-0.1, -0.05) is 6.07 Å². The molecule has 1 aliphatic rings. The van der Waals surface area contributed by atoms with E-state index in [1.807, 2.05) is 41.4 Å². The van der Waals surface area contributed by atoms with Crippen LogP contribution in [0, 0.1) is 0 Å². The number of nitrogens with zero attached hydrogens (tertiary/aromatic N) is 4. The van der Waals surface area contributed by atoms with Crippen LogP contribution in [0.1, 0.15) is 29.1 Å². The molecule has 0 saturated carbocycles. The zero-order chi connectivity index (χ0) is 18.2. The molecule has 136 valence electrons. The first-order valence-electron chi connectivity index (χ1n) is 9.24. The zero-order valence-corrected chi connectivity index (χ0v) is 16.8. The molecule has 0 saturated heterocycles. The molecule has 6 heteroatoms. The van der Waals surface area contributed by atoms with Crippen molar-refractivity contribution in [3.8, 4) is 10.6 Å². The normalized spacial score (nSPS) is 16.2. The number of hydrogen-bond donors (Lipinski definition) is 0. The molecule has 0 bridgehead atoms. The third kappa shape index (κ3) is 3.29. The Hall–Kier alpha value is -2.15. The van der Waals surface area contributed by atoms with Crippen LogP contribution in [0.5, 0.6) is 0 Å². The van der Waals surface area contributed by atoms with Crippen LogP contribution in [0.2, 0.25) is 0 Å². The fraction of sp³-hybridized carbons (Fsp3) is 0.286. The summed E-state index contributed by atoms with van der Waals surface area (Å²) in [6.45, 7) is 4.42. The molecule has 0 spiro atoms. The largest absolute Gasteiger partial charge is 0.296 e. The average molecular weight is 393 g/mol. The number of hydrogen-bond acceptors (Lipinski definition) is 6. The third-order valence-corrected chi connectivity index (χ3v) is 7.37. The Bertz CT molecular complexity index is 1040. The van der Waals surface area contributed by atoms with Gasteiger partial charge in [0, 0.05) is 48.4 Å².